The fourth-order valence-corrected chi connectivity index (χ4v) is 4.64. The molecule has 1 saturated heterocycles. The summed E-state index contributed by atoms with van der Waals surface area (Å²) in [5, 5.41) is 12.9. The molecular formula is C24H30N2O3. The number of rotatable bonds is 3. The van der Waals surface area contributed by atoms with Gasteiger partial charge in [0.05, 0.1) is 17.6 Å². The second-order valence-electron chi connectivity index (χ2n) is 9.82. The number of carboxylic acids is 1. The van der Waals surface area contributed by atoms with E-state index >= 15 is 0 Å². The average Bonchev–Trinajstić information content (AvgIpc) is 2.57. The highest BCUT2D eigenvalue weighted by molar-refractivity contribution is 5.85. The molecule has 2 aliphatic rings. The van der Waals surface area contributed by atoms with Crippen LogP contribution in [0.2, 0.25) is 0 Å². The van der Waals surface area contributed by atoms with Crippen LogP contribution in [0.15, 0.2) is 42.5 Å². The Kier molecular flexibility index (Phi) is 4.52. The number of carbonyl (C=O) groups is 1. The number of ether oxygens (including phenoxy) is 1. The molecule has 0 aromatic heterocycles. The molecule has 0 aliphatic carbocycles. The van der Waals surface area contributed by atoms with Gasteiger partial charge in [0.2, 0.25) is 0 Å². The van der Waals surface area contributed by atoms with Gasteiger partial charge in [-0.25, -0.2) is 0 Å². The third-order valence-electron chi connectivity index (χ3n) is 6.00. The van der Waals surface area contributed by atoms with Crippen LogP contribution in [0.3, 0.4) is 0 Å². The molecule has 2 aliphatic heterocycles. The van der Waals surface area contributed by atoms with Crippen LogP contribution in [-0.4, -0.2) is 35.8 Å². The van der Waals surface area contributed by atoms with Crippen LogP contribution < -0.4 is 15.0 Å². The highest BCUT2D eigenvalue weighted by Gasteiger charge is 2.44. The Labute approximate surface area is 172 Å². The van der Waals surface area contributed by atoms with Crippen molar-refractivity contribution in [1.29, 1.82) is 0 Å². The maximum Gasteiger partial charge on any atom is 0.310 e. The van der Waals surface area contributed by atoms with Crippen LogP contribution in [0.25, 0.3) is 11.1 Å². The van der Waals surface area contributed by atoms with Crippen LogP contribution in [0.1, 0.15) is 34.6 Å². The van der Waals surface area contributed by atoms with Gasteiger partial charge in [0, 0.05) is 24.3 Å². The van der Waals surface area contributed by atoms with E-state index in [0.29, 0.717) is 13.1 Å². The van der Waals surface area contributed by atoms with Gasteiger partial charge in [-0.15, -0.1) is 0 Å². The van der Waals surface area contributed by atoms with Gasteiger partial charge < -0.3 is 20.1 Å². The molecule has 0 bridgehead atoms. The number of anilines is 2. The molecule has 0 spiro atoms. The van der Waals surface area contributed by atoms with E-state index in [1.54, 1.807) is 0 Å². The number of carboxylic acid groups (broad SMARTS) is 1. The van der Waals surface area contributed by atoms with Crippen molar-refractivity contribution in [3.63, 3.8) is 0 Å². The lowest BCUT2D eigenvalue weighted by atomic mass is 9.76. The largest absolute Gasteiger partial charge is 0.484 e. The van der Waals surface area contributed by atoms with Crippen molar-refractivity contribution in [2.24, 2.45) is 11.3 Å². The van der Waals surface area contributed by atoms with E-state index in [9.17, 15) is 4.79 Å². The average molecular weight is 395 g/mol. The van der Waals surface area contributed by atoms with Crippen LogP contribution >= 0.6 is 0 Å². The Morgan fingerprint density at radius 1 is 1.17 bits per heavy atom. The zero-order chi connectivity index (χ0) is 21.0. The van der Waals surface area contributed by atoms with E-state index in [4.69, 9.17) is 9.84 Å². The number of hydrogen-bond donors (Lipinski definition) is 2. The summed E-state index contributed by atoms with van der Waals surface area (Å²) >= 11 is 0. The van der Waals surface area contributed by atoms with Gasteiger partial charge in [-0.3, -0.25) is 4.79 Å². The first-order valence-electron chi connectivity index (χ1n) is 10.2. The van der Waals surface area contributed by atoms with E-state index in [0.717, 1.165) is 28.3 Å². The first kappa shape index (κ1) is 19.6. The molecular weight excluding hydrogens is 364 g/mol. The Hall–Kier alpha value is -2.69. The number of nitrogens with one attached hydrogen (secondary N) is 1. The van der Waals surface area contributed by atoms with Gasteiger partial charge in [-0.1, -0.05) is 45.0 Å². The minimum Gasteiger partial charge on any atom is -0.484 e. The Morgan fingerprint density at radius 2 is 1.86 bits per heavy atom. The normalized spacial score (nSPS) is 20.9. The summed E-state index contributed by atoms with van der Waals surface area (Å²) < 4.78 is 6.43. The lowest BCUT2D eigenvalue weighted by Gasteiger charge is -2.47. The molecule has 154 valence electrons. The minimum atomic E-state index is -0.716. The Bertz CT molecular complexity index is 939. The lowest BCUT2D eigenvalue weighted by molar-refractivity contribution is -0.142. The van der Waals surface area contributed by atoms with Crippen LogP contribution in [-0.2, 0) is 4.79 Å². The number of fused-ring (bicyclic) bond motifs is 1. The first-order valence-corrected chi connectivity index (χ1v) is 10.2. The van der Waals surface area contributed by atoms with Crippen molar-refractivity contribution in [3.05, 3.63) is 42.5 Å². The van der Waals surface area contributed by atoms with Gasteiger partial charge >= 0.3 is 5.97 Å². The highest BCUT2D eigenvalue weighted by Crippen LogP contribution is 2.46. The van der Waals surface area contributed by atoms with Crippen molar-refractivity contribution < 1.29 is 14.6 Å². The fraction of sp³-hybridized carbons (Fsp3) is 0.458. The number of para-hydroxylation sites is 1. The van der Waals surface area contributed by atoms with Crippen LogP contribution in [0.5, 0.6) is 5.75 Å². The summed E-state index contributed by atoms with van der Waals surface area (Å²) in [7, 11) is 0. The van der Waals surface area contributed by atoms with Crippen molar-refractivity contribution in [1.82, 2.24) is 0 Å². The molecule has 5 nitrogen and oxygen atoms in total. The van der Waals surface area contributed by atoms with Crippen LogP contribution in [0.4, 0.5) is 11.4 Å². The summed E-state index contributed by atoms with van der Waals surface area (Å²) in [6, 6.07) is 14.6. The van der Waals surface area contributed by atoms with Gasteiger partial charge in [-0.05, 0) is 43.0 Å². The highest BCUT2D eigenvalue weighted by atomic mass is 16.5. The fourth-order valence-electron chi connectivity index (χ4n) is 4.64. The second-order valence-corrected chi connectivity index (χ2v) is 9.82. The van der Waals surface area contributed by atoms with Gasteiger partial charge in [0.15, 0.2) is 0 Å². The molecule has 2 heterocycles. The maximum atomic E-state index is 11.1. The summed E-state index contributed by atoms with van der Waals surface area (Å²) in [4.78, 5) is 13.2. The lowest BCUT2D eigenvalue weighted by Crippen LogP contribution is -2.56. The zero-order valence-electron chi connectivity index (χ0n) is 17.8. The van der Waals surface area contributed by atoms with Gasteiger partial charge in [0.25, 0.3) is 0 Å². The predicted octanol–water partition coefficient (Wildman–Crippen LogP) is 4.87. The SMILES string of the molecule is CC(C)(C)C1Nc2c(cccc2-c2cccc(N3CC(C(=O)O)C3)c2)OC1(C)C. The second kappa shape index (κ2) is 6.68. The Morgan fingerprint density at radius 3 is 2.52 bits per heavy atom. The number of benzene rings is 2. The number of nitrogens with zero attached hydrogens (tertiary/aromatic N) is 1. The van der Waals surface area contributed by atoms with Crippen molar-refractivity contribution in [3.8, 4) is 16.9 Å². The zero-order valence-corrected chi connectivity index (χ0v) is 17.8. The Balaban J connectivity index is 1.68. The van der Waals surface area contributed by atoms with Crippen molar-refractivity contribution in [2.75, 3.05) is 23.3 Å². The standard InChI is InChI=1S/C24H30N2O3/c1-23(2,3)22-24(4,5)29-19-11-7-10-18(20(19)25-22)15-8-6-9-17(12-15)26-13-16(14-26)21(27)28/h6-12,16,22,25H,13-14H2,1-5H3,(H,27,28). The number of hydrogen-bond acceptors (Lipinski definition) is 4. The summed E-state index contributed by atoms with van der Waals surface area (Å²) in [6.07, 6.45) is 0. The van der Waals surface area contributed by atoms with Crippen molar-refractivity contribution >= 4 is 17.3 Å². The topological polar surface area (TPSA) is 61.8 Å². The summed E-state index contributed by atoms with van der Waals surface area (Å²) in [6.45, 7) is 12.1. The molecule has 0 saturated carbocycles. The third-order valence-corrected chi connectivity index (χ3v) is 6.00. The molecule has 1 fully saturated rings. The first-order chi connectivity index (χ1) is 13.6. The summed E-state index contributed by atoms with van der Waals surface area (Å²) in [5.74, 6) is -0.118. The molecule has 2 N–H and O–H groups in total. The molecule has 2 aromatic carbocycles. The molecule has 5 heteroatoms. The quantitative estimate of drug-likeness (QED) is 0.777. The number of aliphatic carboxylic acids is 1. The van der Waals surface area contributed by atoms with E-state index in [-0.39, 0.29) is 23.0 Å². The van der Waals surface area contributed by atoms with E-state index in [1.165, 1.54) is 0 Å². The minimum absolute atomic E-state index is 0.0274. The van der Waals surface area contributed by atoms with Gasteiger partial charge in [-0.2, -0.15) is 0 Å². The van der Waals surface area contributed by atoms with Gasteiger partial charge in [0.1, 0.15) is 11.4 Å². The molecule has 1 atom stereocenters. The molecule has 0 amide bonds. The van der Waals surface area contributed by atoms with E-state index in [2.05, 4.69) is 63.0 Å². The van der Waals surface area contributed by atoms with Crippen molar-refractivity contribution in [2.45, 2.75) is 46.3 Å². The van der Waals surface area contributed by atoms with E-state index < -0.39 is 5.97 Å². The maximum absolute atomic E-state index is 11.1. The molecule has 0 radical (unpaired) electrons. The van der Waals surface area contributed by atoms with Crippen LogP contribution in [0, 0.1) is 11.3 Å². The third kappa shape index (κ3) is 3.54. The monoisotopic (exact) mass is 394 g/mol. The smallest absolute Gasteiger partial charge is 0.310 e. The summed E-state index contributed by atoms with van der Waals surface area (Å²) in [5.41, 5.74) is 3.98. The predicted molar refractivity (Wildman–Crippen MR) is 117 cm³/mol. The molecule has 29 heavy (non-hydrogen) atoms. The molecule has 2 aromatic rings. The molecule has 1 unspecified atom stereocenters. The molecule has 4 rings (SSSR count). The van der Waals surface area contributed by atoms with E-state index in [1.807, 2.05) is 24.3 Å².